The monoisotopic (exact) mass is 337 g/mol. The highest BCUT2D eigenvalue weighted by atomic mass is 32.2. The fraction of sp³-hybridized carbons (Fsp3) is 0.400. The van der Waals surface area contributed by atoms with Gasteiger partial charge in [-0.2, -0.15) is 5.10 Å². The van der Waals surface area contributed by atoms with Crippen LogP contribution in [0.25, 0.3) is 0 Å². The number of aryl methyl sites for hydroxylation is 3. The minimum Gasteiger partial charge on any atom is -0.281 e. The molecule has 0 saturated carbocycles. The van der Waals surface area contributed by atoms with Crippen molar-refractivity contribution in [3.8, 4) is 0 Å². The summed E-state index contributed by atoms with van der Waals surface area (Å²) in [5.41, 5.74) is 3.37. The van der Waals surface area contributed by atoms with E-state index in [0.29, 0.717) is 17.9 Å². The van der Waals surface area contributed by atoms with Crippen LogP contribution < -0.4 is 4.72 Å². The van der Waals surface area contributed by atoms with Crippen LogP contribution in [-0.4, -0.2) is 24.4 Å². The maximum Gasteiger partial charge on any atom is 0.244 e. The molecule has 1 aliphatic heterocycles. The SMILES string of the molecule is Cc1n[nH]c(C)c1S(=O)(=O)NCc1ccc2c(c1)CCCS2. The van der Waals surface area contributed by atoms with Gasteiger partial charge >= 0.3 is 0 Å². The number of hydrogen-bond donors (Lipinski definition) is 2. The number of hydrogen-bond acceptors (Lipinski definition) is 4. The Kier molecular flexibility index (Phi) is 4.29. The Morgan fingerprint density at radius 2 is 2.18 bits per heavy atom. The fourth-order valence-corrected chi connectivity index (χ4v) is 5.11. The Balaban J connectivity index is 1.77. The molecule has 0 fully saturated rings. The van der Waals surface area contributed by atoms with Gasteiger partial charge < -0.3 is 0 Å². The van der Waals surface area contributed by atoms with Crippen LogP contribution in [0.2, 0.25) is 0 Å². The number of nitrogens with one attached hydrogen (secondary N) is 2. The maximum atomic E-state index is 12.4. The predicted molar refractivity (Wildman–Crippen MR) is 87.6 cm³/mol. The molecule has 118 valence electrons. The summed E-state index contributed by atoms with van der Waals surface area (Å²) in [5, 5.41) is 6.66. The Morgan fingerprint density at radius 3 is 2.91 bits per heavy atom. The molecule has 5 nitrogen and oxygen atoms in total. The third-order valence-electron chi connectivity index (χ3n) is 3.77. The number of H-pyrrole nitrogens is 1. The lowest BCUT2D eigenvalue weighted by molar-refractivity contribution is 0.580. The number of benzene rings is 1. The smallest absolute Gasteiger partial charge is 0.244 e. The van der Waals surface area contributed by atoms with Gasteiger partial charge in [0.05, 0.1) is 11.4 Å². The number of thioether (sulfide) groups is 1. The molecule has 2 heterocycles. The minimum absolute atomic E-state index is 0.251. The highest BCUT2D eigenvalue weighted by Crippen LogP contribution is 2.30. The highest BCUT2D eigenvalue weighted by molar-refractivity contribution is 7.99. The zero-order chi connectivity index (χ0) is 15.7. The first-order valence-corrected chi connectivity index (χ1v) is 9.70. The standard InChI is InChI=1S/C15H19N3O2S2/c1-10-15(11(2)18-17-10)22(19,20)16-9-12-5-6-14-13(8-12)4-3-7-21-14/h5-6,8,16H,3-4,7,9H2,1-2H3,(H,17,18). The van der Waals surface area contributed by atoms with E-state index in [-0.39, 0.29) is 4.90 Å². The number of nitrogens with zero attached hydrogens (tertiary/aromatic N) is 1. The van der Waals surface area contributed by atoms with Crippen molar-refractivity contribution in [3.05, 3.63) is 40.7 Å². The Labute approximate surface area is 135 Å². The van der Waals surface area contributed by atoms with Crippen LogP contribution in [0.4, 0.5) is 0 Å². The number of fused-ring (bicyclic) bond motifs is 1. The molecule has 0 saturated heterocycles. The number of aromatic nitrogens is 2. The van der Waals surface area contributed by atoms with Gasteiger partial charge in [-0.1, -0.05) is 12.1 Å². The molecule has 0 aliphatic carbocycles. The largest absolute Gasteiger partial charge is 0.281 e. The van der Waals surface area contributed by atoms with E-state index in [4.69, 9.17) is 0 Å². The van der Waals surface area contributed by atoms with Gasteiger partial charge in [0, 0.05) is 11.4 Å². The lowest BCUT2D eigenvalue weighted by atomic mass is 10.1. The normalized spacial score (nSPS) is 14.8. The minimum atomic E-state index is -3.55. The average Bonchev–Trinajstić information content (AvgIpc) is 2.85. The van der Waals surface area contributed by atoms with Gasteiger partial charge in [-0.05, 0) is 49.6 Å². The Bertz CT molecular complexity index is 778. The summed E-state index contributed by atoms with van der Waals surface area (Å²) >= 11 is 1.87. The topological polar surface area (TPSA) is 74.8 Å². The van der Waals surface area contributed by atoms with E-state index in [2.05, 4.69) is 27.1 Å². The predicted octanol–water partition coefficient (Wildman–Crippen LogP) is 2.54. The van der Waals surface area contributed by atoms with Crippen molar-refractivity contribution in [1.82, 2.24) is 14.9 Å². The summed E-state index contributed by atoms with van der Waals surface area (Å²) in [4.78, 5) is 1.57. The quantitative estimate of drug-likeness (QED) is 0.899. The zero-order valence-electron chi connectivity index (χ0n) is 12.6. The number of rotatable bonds is 4. The third kappa shape index (κ3) is 3.06. The molecule has 0 amide bonds. The molecule has 0 unspecified atom stereocenters. The second kappa shape index (κ2) is 6.06. The highest BCUT2D eigenvalue weighted by Gasteiger charge is 2.22. The second-order valence-corrected chi connectivity index (χ2v) is 8.32. The van der Waals surface area contributed by atoms with Gasteiger partial charge in [0.15, 0.2) is 0 Å². The molecular weight excluding hydrogens is 318 g/mol. The molecule has 1 aliphatic rings. The van der Waals surface area contributed by atoms with Crippen LogP contribution in [0.15, 0.2) is 28.0 Å². The van der Waals surface area contributed by atoms with E-state index < -0.39 is 10.0 Å². The van der Waals surface area contributed by atoms with Crippen molar-refractivity contribution in [1.29, 1.82) is 0 Å². The van der Waals surface area contributed by atoms with E-state index in [1.165, 1.54) is 16.9 Å². The van der Waals surface area contributed by atoms with Crippen LogP contribution in [0.1, 0.15) is 28.9 Å². The van der Waals surface area contributed by atoms with E-state index in [9.17, 15) is 8.42 Å². The third-order valence-corrected chi connectivity index (χ3v) is 6.63. The lowest BCUT2D eigenvalue weighted by Gasteiger charge is -2.16. The van der Waals surface area contributed by atoms with Gasteiger partial charge in [0.1, 0.15) is 4.90 Å². The van der Waals surface area contributed by atoms with E-state index in [1.54, 1.807) is 13.8 Å². The molecule has 22 heavy (non-hydrogen) atoms. The van der Waals surface area contributed by atoms with E-state index in [1.807, 2.05) is 17.8 Å². The first kappa shape index (κ1) is 15.6. The summed E-state index contributed by atoms with van der Waals surface area (Å²) < 4.78 is 27.5. The van der Waals surface area contributed by atoms with Crippen molar-refractivity contribution >= 4 is 21.8 Å². The van der Waals surface area contributed by atoms with Crippen LogP contribution in [-0.2, 0) is 23.0 Å². The average molecular weight is 337 g/mol. The lowest BCUT2D eigenvalue weighted by Crippen LogP contribution is -2.24. The zero-order valence-corrected chi connectivity index (χ0v) is 14.3. The first-order valence-electron chi connectivity index (χ1n) is 7.23. The Morgan fingerprint density at radius 1 is 1.36 bits per heavy atom. The molecule has 0 spiro atoms. The van der Waals surface area contributed by atoms with Crippen molar-refractivity contribution in [2.45, 2.75) is 43.0 Å². The van der Waals surface area contributed by atoms with Crippen molar-refractivity contribution in [2.75, 3.05) is 5.75 Å². The fourth-order valence-electron chi connectivity index (χ4n) is 2.71. The summed E-state index contributed by atoms with van der Waals surface area (Å²) in [6, 6.07) is 6.20. The maximum absolute atomic E-state index is 12.4. The first-order chi connectivity index (χ1) is 10.5. The molecular formula is C15H19N3O2S2. The summed E-state index contributed by atoms with van der Waals surface area (Å²) in [6.45, 7) is 3.70. The number of sulfonamides is 1. The summed E-state index contributed by atoms with van der Waals surface area (Å²) in [7, 11) is -3.55. The molecule has 3 rings (SSSR count). The van der Waals surface area contributed by atoms with Crippen LogP contribution in [0.5, 0.6) is 0 Å². The molecule has 2 aromatic rings. The van der Waals surface area contributed by atoms with E-state index >= 15 is 0 Å². The molecule has 0 bridgehead atoms. The molecule has 1 aromatic carbocycles. The van der Waals surface area contributed by atoms with Crippen molar-refractivity contribution in [3.63, 3.8) is 0 Å². The van der Waals surface area contributed by atoms with Gasteiger partial charge in [-0.25, -0.2) is 13.1 Å². The molecule has 7 heteroatoms. The van der Waals surface area contributed by atoms with Gasteiger partial charge in [0.2, 0.25) is 10.0 Å². The molecule has 2 N–H and O–H groups in total. The number of aromatic amines is 1. The Hall–Kier alpha value is -1.31. The summed E-state index contributed by atoms with van der Waals surface area (Å²) in [6.07, 6.45) is 2.25. The van der Waals surface area contributed by atoms with Crippen LogP contribution in [0.3, 0.4) is 0 Å². The molecule has 1 aromatic heterocycles. The molecule has 0 atom stereocenters. The van der Waals surface area contributed by atoms with E-state index in [0.717, 1.165) is 17.7 Å². The van der Waals surface area contributed by atoms with Crippen molar-refractivity contribution in [2.24, 2.45) is 0 Å². The van der Waals surface area contributed by atoms with Gasteiger partial charge in [-0.15, -0.1) is 11.8 Å². The van der Waals surface area contributed by atoms with Crippen LogP contribution >= 0.6 is 11.8 Å². The van der Waals surface area contributed by atoms with Crippen LogP contribution in [0, 0.1) is 13.8 Å². The van der Waals surface area contributed by atoms with Gasteiger partial charge in [0.25, 0.3) is 0 Å². The molecule has 0 radical (unpaired) electrons. The second-order valence-electron chi connectivity index (χ2n) is 5.48. The summed E-state index contributed by atoms with van der Waals surface area (Å²) in [5.74, 6) is 1.16. The van der Waals surface area contributed by atoms with Gasteiger partial charge in [-0.3, -0.25) is 5.10 Å². The van der Waals surface area contributed by atoms with Crippen molar-refractivity contribution < 1.29 is 8.42 Å².